The number of rotatable bonds is 4. The van der Waals surface area contributed by atoms with E-state index in [0.717, 1.165) is 24.2 Å². The van der Waals surface area contributed by atoms with Gasteiger partial charge in [-0.1, -0.05) is 18.6 Å². The lowest BCUT2D eigenvalue weighted by molar-refractivity contribution is 0.125. The van der Waals surface area contributed by atoms with E-state index in [1.54, 1.807) is 0 Å². The van der Waals surface area contributed by atoms with Gasteiger partial charge in [0.15, 0.2) is 0 Å². The van der Waals surface area contributed by atoms with Crippen LogP contribution < -0.4 is 0 Å². The Hall–Kier alpha value is -0.160. The molecule has 3 atom stereocenters. The second kappa shape index (κ2) is 6.08. The molecule has 2 bridgehead atoms. The van der Waals surface area contributed by atoms with Gasteiger partial charge in [-0.15, -0.1) is 0 Å². The minimum absolute atomic E-state index is 0.646. The van der Waals surface area contributed by atoms with Crippen LogP contribution >= 0.6 is 22.6 Å². The highest BCUT2D eigenvalue weighted by Gasteiger charge is 2.36. The molecule has 0 radical (unpaired) electrons. The van der Waals surface area contributed by atoms with Crippen LogP contribution in [-0.2, 0) is 0 Å². The van der Waals surface area contributed by atoms with Crippen molar-refractivity contribution < 1.29 is 4.39 Å². The first kappa shape index (κ1) is 13.8. The molecule has 2 saturated heterocycles. The van der Waals surface area contributed by atoms with E-state index < -0.39 is 6.17 Å². The van der Waals surface area contributed by atoms with Crippen LogP contribution in [0.4, 0.5) is 4.39 Å². The lowest BCUT2D eigenvalue weighted by atomic mass is 10.0. The molecule has 2 fully saturated rings. The zero-order valence-electron chi connectivity index (χ0n) is 11.2. The fourth-order valence-corrected chi connectivity index (χ4v) is 4.05. The minimum Gasteiger partial charge on any atom is -0.297 e. The van der Waals surface area contributed by atoms with Crippen LogP contribution in [-0.4, -0.2) is 23.5 Å². The Balaban J connectivity index is 1.56. The lowest BCUT2D eigenvalue weighted by Crippen LogP contribution is -2.40. The number of alkyl halides is 1. The van der Waals surface area contributed by atoms with Crippen LogP contribution in [0, 0.1) is 3.57 Å². The van der Waals surface area contributed by atoms with Gasteiger partial charge in [-0.3, -0.25) is 4.90 Å². The van der Waals surface area contributed by atoms with Gasteiger partial charge in [-0.2, -0.15) is 0 Å². The number of hydrogen-bond acceptors (Lipinski definition) is 1. The van der Waals surface area contributed by atoms with Crippen LogP contribution in [0.1, 0.15) is 50.3 Å². The molecule has 0 aliphatic carbocycles. The van der Waals surface area contributed by atoms with E-state index in [2.05, 4.69) is 27.5 Å². The van der Waals surface area contributed by atoms with Crippen molar-refractivity contribution in [3.8, 4) is 0 Å². The molecule has 1 aromatic carbocycles. The number of piperidine rings is 1. The molecule has 1 aromatic rings. The second-order valence-corrected chi connectivity index (χ2v) is 7.11. The van der Waals surface area contributed by atoms with Gasteiger partial charge in [-0.05, 0) is 72.4 Å². The Labute approximate surface area is 128 Å². The van der Waals surface area contributed by atoms with Crippen LogP contribution in [0.5, 0.6) is 0 Å². The lowest BCUT2D eigenvalue weighted by Gasteiger charge is -2.35. The molecule has 19 heavy (non-hydrogen) atoms. The molecule has 2 heterocycles. The van der Waals surface area contributed by atoms with Gasteiger partial charge in [0.1, 0.15) is 6.17 Å². The molecule has 3 rings (SSSR count). The molecule has 0 spiro atoms. The molecule has 2 aliphatic heterocycles. The molecule has 1 nitrogen and oxygen atoms in total. The van der Waals surface area contributed by atoms with Gasteiger partial charge in [0.05, 0.1) is 0 Å². The van der Waals surface area contributed by atoms with Crippen molar-refractivity contribution in [1.82, 2.24) is 4.90 Å². The maximum atomic E-state index is 14.3. The Morgan fingerprint density at radius 3 is 2.37 bits per heavy atom. The summed E-state index contributed by atoms with van der Waals surface area (Å²) in [7, 11) is 0. The highest BCUT2D eigenvalue weighted by molar-refractivity contribution is 14.1. The predicted molar refractivity (Wildman–Crippen MR) is 85.0 cm³/mol. The highest BCUT2D eigenvalue weighted by atomic mass is 127. The summed E-state index contributed by atoms with van der Waals surface area (Å²) in [6.07, 6.45) is 6.55. The maximum absolute atomic E-state index is 14.3. The average Bonchev–Trinajstić information content (AvgIpc) is 2.65. The Kier molecular flexibility index (Phi) is 4.42. The average molecular weight is 373 g/mol. The second-order valence-electron chi connectivity index (χ2n) is 5.86. The summed E-state index contributed by atoms with van der Waals surface area (Å²) in [5.74, 6) is 0. The third-order valence-electron chi connectivity index (χ3n) is 4.72. The van der Waals surface area contributed by atoms with Crippen molar-refractivity contribution in [2.75, 3.05) is 6.54 Å². The van der Waals surface area contributed by atoms with Crippen molar-refractivity contribution in [3.63, 3.8) is 0 Å². The first-order chi connectivity index (χ1) is 9.24. The first-order valence-corrected chi connectivity index (χ1v) is 8.47. The first-order valence-electron chi connectivity index (χ1n) is 7.39. The highest BCUT2D eigenvalue weighted by Crippen LogP contribution is 2.36. The SMILES string of the molecule is FC(CCN1C2CCCC1CC2)c1ccc(I)cc1. The number of hydrogen-bond donors (Lipinski definition) is 0. The molecule has 3 heteroatoms. The van der Waals surface area contributed by atoms with E-state index in [-0.39, 0.29) is 0 Å². The van der Waals surface area contributed by atoms with Gasteiger partial charge >= 0.3 is 0 Å². The molecular formula is C16H21FIN. The number of benzene rings is 1. The van der Waals surface area contributed by atoms with Crippen LogP contribution in [0.3, 0.4) is 0 Å². The van der Waals surface area contributed by atoms with Crippen molar-refractivity contribution in [1.29, 1.82) is 0 Å². The summed E-state index contributed by atoms with van der Waals surface area (Å²) in [6.45, 7) is 0.933. The molecule has 0 amide bonds. The third kappa shape index (κ3) is 3.13. The predicted octanol–water partition coefficient (Wildman–Crippen LogP) is 4.71. The summed E-state index contributed by atoms with van der Waals surface area (Å²) in [6, 6.07) is 9.35. The summed E-state index contributed by atoms with van der Waals surface area (Å²) >= 11 is 2.26. The van der Waals surface area contributed by atoms with Crippen molar-refractivity contribution in [2.45, 2.75) is 56.8 Å². The van der Waals surface area contributed by atoms with E-state index in [4.69, 9.17) is 0 Å². The largest absolute Gasteiger partial charge is 0.297 e. The topological polar surface area (TPSA) is 3.24 Å². The molecular weight excluding hydrogens is 352 g/mol. The van der Waals surface area contributed by atoms with Gasteiger partial charge in [0, 0.05) is 22.2 Å². The van der Waals surface area contributed by atoms with E-state index in [1.165, 1.54) is 35.7 Å². The van der Waals surface area contributed by atoms with Crippen molar-refractivity contribution in [3.05, 3.63) is 33.4 Å². The van der Waals surface area contributed by atoms with E-state index in [0.29, 0.717) is 6.42 Å². The standard InChI is InChI=1S/C16H21FIN/c17-16(12-4-6-13(18)7-5-12)10-11-19-14-2-1-3-15(19)9-8-14/h4-7,14-16H,1-3,8-11H2. The summed E-state index contributed by atoms with van der Waals surface area (Å²) in [4.78, 5) is 2.59. The number of nitrogens with zero attached hydrogens (tertiary/aromatic N) is 1. The van der Waals surface area contributed by atoms with Crippen LogP contribution in [0.15, 0.2) is 24.3 Å². The summed E-state index contributed by atoms with van der Waals surface area (Å²) in [5.41, 5.74) is 0.838. The molecule has 3 unspecified atom stereocenters. The molecule has 0 N–H and O–H groups in total. The zero-order valence-corrected chi connectivity index (χ0v) is 13.4. The fraction of sp³-hybridized carbons (Fsp3) is 0.625. The van der Waals surface area contributed by atoms with Gasteiger partial charge in [-0.25, -0.2) is 4.39 Å². The molecule has 0 aromatic heterocycles. The normalized spacial score (nSPS) is 28.5. The Morgan fingerprint density at radius 2 is 1.74 bits per heavy atom. The summed E-state index contributed by atoms with van der Waals surface area (Å²) < 4.78 is 15.4. The minimum atomic E-state index is -0.807. The molecule has 2 aliphatic rings. The monoisotopic (exact) mass is 373 g/mol. The van der Waals surface area contributed by atoms with Crippen molar-refractivity contribution in [2.24, 2.45) is 0 Å². The Morgan fingerprint density at radius 1 is 1.11 bits per heavy atom. The van der Waals surface area contributed by atoms with Gasteiger partial charge in [0.25, 0.3) is 0 Å². The van der Waals surface area contributed by atoms with Gasteiger partial charge < -0.3 is 0 Å². The molecule has 104 valence electrons. The smallest absolute Gasteiger partial charge is 0.126 e. The van der Waals surface area contributed by atoms with Gasteiger partial charge in [0.2, 0.25) is 0 Å². The number of halogens is 2. The van der Waals surface area contributed by atoms with Crippen molar-refractivity contribution >= 4 is 22.6 Å². The Bertz CT molecular complexity index is 403. The molecule has 0 saturated carbocycles. The summed E-state index contributed by atoms with van der Waals surface area (Å²) in [5, 5.41) is 0. The van der Waals surface area contributed by atoms with E-state index in [9.17, 15) is 4.39 Å². The zero-order chi connectivity index (χ0) is 13.2. The van der Waals surface area contributed by atoms with Crippen LogP contribution in [0.25, 0.3) is 0 Å². The third-order valence-corrected chi connectivity index (χ3v) is 5.44. The fourth-order valence-electron chi connectivity index (χ4n) is 3.69. The van der Waals surface area contributed by atoms with E-state index >= 15 is 0 Å². The number of fused-ring (bicyclic) bond motifs is 2. The van der Waals surface area contributed by atoms with E-state index in [1.807, 2.05) is 24.3 Å². The quantitative estimate of drug-likeness (QED) is 0.691. The maximum Gasteiger partial charge on any atom is 0.126 e. The van der Waals surface area contributed by atoms with Crippen LogP contribution in [0.2, 0.25) is 0 Å².